The van der Waals surface area contributed by atoms with E-state index in [-0.39, 0.29) is 0 Å². The average molecular weight is 510 g/mol. The molecule has 198 valence electrons. The van der Waals surface area contributed by atoms with Crippen molar-refractivity contribution in [3.63, 3.8) is 0 Å². The summed E-state index contributed by atoms with van der Waals surface area (Å²) in [5.41, 5.74) is 4.44. The van der Waals surface area contributed by atoms with E-state index in [1.165, 1.54) is 63.1 Å². The van der Waals surface area contributed by atoms with Gasteiger partial charge in [0.1, 0.15) is 11.6 Å². The lowest BCUT2D eigenvalue weighted by Crippen LogP contribution is -2.44. The van der Waals surface area contributed by atoms with E-state index in [0.29, 0.717) is 0 Å². The standard InChI is InChI=1S/C32H39N5O/c1-26-33-34-32(29-17-15-28(16-18-29)27-11-6-5-7-12-27)37(26)30-13-10-14-31(25-30)38-24-9-4-3-8-19-36-22-20-35(2)21-23-36/h5-7,10-18,25H,3-4,8-9,19-24H2,1-2H3. The highest BCUT2D eigenvalue weighted by Crippen LogP contribution is 2.27. The van der Waals surface area contributed by atoms with Crippen LogP contribution in [0.15, 0.2) is 78.9 Å². The van der Waals surface area contributed by atoms with Crippen molar-refractivity contribution in [1.29, 1.82) is 0 Å². The second kappa shape index (κ2) is 12.9. The number of hydrogen-bond donors (Lipinski definition) is 0. The second-order valence-electron chi connectivity index (χ2n) is 10.3. The van der Waals surface area contributed by atoms with E-state index in [1.54, 1.807) is 0 Å². The number of unbranched alkanes of at least 4 members (excludes halogenated alkanes) is 3. The third kappa shape index (κ3) is 6.69. The van der Waals surface area contributed by atoms with E-state index in [2.05, 4.69) is 92.3 Å². The molecule has 3 aromatic carbocycles. The molecule has 38 heavy (non-hydrogen) atoms. The molecule has 1 aliphatic rings. The summed E-state index contributed by atoms with van der Waals surface area (Å²) in [6, 6.07) is 27.2. The van der Waals surface area contributed by atoms with E-state index in [0.717, 1.165) is 41.7 Å². The summed E-state index contributed by atoms with van der Waals surface area (Å²) < 4.78 is 8.23. The molecule has 1 saturated heterocycles. The molecule has 0 bridgehead atoms. The lowest BCUT2D eigenvalue weighted by molar-refractivity contribution is 0.151. The Morgan fingerprint density at radius 3 is 2.21 bits per heavy atom. The van der Waals surface area contributed by atoms with E-state index in [1.807, 2.05) is 25.1 Å². The third-order valence-corrected chi connectivity index (χ3v) is 7.38. The van der Waals surface area contributed by atoms with Gasteiger partial charge in [0.2, 0.25) is 0 Å². The quantitative estimate of drug-likeness (QED) is 0.229. The number of aryl methyl sites for hydroxylation is 1. The molecule has 4 aromatic rings. The van der Waals surface area contributed by atoms with Crippen LogP contribution in [0.2, 0.25) is 0 Å². The van der Waals surface area contributed by atoms with Crippen LogP contribution in [0.25, 0.3) is 28.2 Å². The number of likely N-dealkylation sites (N-methyl/N-ethyl adjacent to an activating group) is 1. The van der Waals surface area contributed by atoms with Crippen LogP contribution >= 0.6 is 0 Å². The van der Waals surface area contributed by atoms with Crippen molar-refractivity contribution >= 4 is 0 Å². The van der Waals surface area contributed by atoms with Crippen molar-refractivity contribution in [1.82, 2.24) is 24.6 Å². The summed E-state index contributed by atoms with van der Waals surface area (Å²) >= 11 is 0. The Morgan fingerprint density at radius 2 is 1.42 bits per heavy atom. The van der Waals surface area contributed by atoms with Gasteiger partial charge in [-0.05, 0) is 56.6 Å². The molecule has 0 spiro atoms. The van der Waals surface area contributed by atoms with Crippen molar-refractivity contribution in [2.75, 3.05) is 46.4 Å². The lowest BCUT2D eigenvalue weighted by atomic mass is 10.0. The summed E-state index contributed by atoms with van der Waals surface area (Å²) in [6.45, 7) is 8.78. The Labute approximate surface area is 226 Å². The molecule has 0 N–H and O–H groups in total. The van der Waals surface area contributed by atoms with Gasteiger partial charge in [0, 0.05) is 37.8 Å². The number of nitrogens with zero attached hydrogens (tertiary/aromatic N) is 5. The first-order valence-electron chi connectivity index (χ1n) is 13.9. The smallest absolute Gasteiger partial charge is 0.168 e. The van der Waals surface area contributed by atoms with Crippen molar-refractivity contribution < 1.29 is 4.74 Å². The predicted octanol–water partition coefficient (Wildman–Crippen LogP) is 6.10. The van der Waals surface area contributed by atoms with Crippen LogP contribution in [0.4, 0.5) is 0 Å². The summed E-state index contributed by atoms with van der Waals surface area (Å²) in [5.74, 6) is 2.57. The zero-order chi connectivity index (χ0) is 26.2. The maximum atomic E-state index is 6.13. The Kier molecular flexibility index (Phi) is 8.84. The molecule has 5 rings (SSSR count). The van der Waals surface area contributed by atoms with Gasteiger partial charge in [-0.1, -0.05) is 73.5 Å². The molecule has 6 nitrogen and oxygen atoms in total. The SMILES string of the molecule is Cc1nnc(-c2ccc(-c3ccccc3)cc2)n1-c1cccc(OCCCCCCN2CCN(C)CC2)c1. The fourth-order valence-electron chi connectivity index (χ4n) is 5.07. The van der Waals surface area contributed by atoms with E-state index in [4.69, 9.17) is 4.74 Å². The van der Waals surface area contributed by atoms with Crippen LogP contribution in [0, 0.1) is 6.92 Å². The predicted molar refractivity (Wildman–Crippen MR) is 155 cm³/mol. The van der Waals surface area contributed by atoms with Crippen molar-refractivity contribution in [2.45, 2.75) is 32.6 Å². The maximum Gasteiger partial charge on any atom is 0.168 e. The first-order valence-corrected chi connectivity index (χ1v) is 13.9. The first-order chi connectivity index (χ1) is 18.7. The summed E-state index contributed by atoms with van der Waals surface area (Å²) in [4.78, 5) is 5.01. The van der Waals surface area contributed by atoms with Crippen molar-refractivity contribution in [2.24, 2.45) is 0 Å². The molecular formula is C32H39N5O. The highest BCUT2D eigenvalue weighted by molar-refractivity contribution is 5.68. The van der Waals surface area contributed by atoms with Crippen LogP contribution in [0.1, 0.15) is 31.5 Å². The minimum Gasteiger partial charge on any atom is -0.494 e. The average Bonchev–Trinajstić information content (AvgIpc) is 3.35. The van der Waals surface area contributed by atoms with Gasteiger partial charge in [-0.2, -0.15) is 0 Å². The van der Waals surface area contributed by atoms with Gasteiger partial charge in [0.25, 0.3) is 0 Å². The summed E-state index contributed by atoms with van der Waals surface area (Å²) in [7, 11) is 2.21. The molecule has 0 radical (unpaired) electrons. The van der Waals surface area contributed by atoms with E-state index < -0.39 is 0 Å². The third-order valence-electron chi connectivity index (χ3n) is 7.38. The topological polar surface area (TPSA) is 46.4 Å². The summed E-state index contributed by atoms with van der Waals surface area (Å²) in [5, 5.41) is 8.89. The lowest BCUT2D eigenvalue weighted by Gasteiger charge is -2.32. The fraction of sp³-hybridized carbons (Fsp3) is 0.375. The van der Waals surface area contributed by atoms with Gasteiger partial charge in [-0.3, -0.25) is 4.57 Å². The van der Waals surface area contributed by atoms with Gasteiger partial charge in [-0.15, -0.1) is 10.2 Å². The second-order valence-corrected chi connectivity index (χ2v) is 10.3. The minimum atomic E-state index is 0.743. The van der Waals surface area contributed by atoms with Crippen molar-refractivity contribution in [3.8, 4) is 34.0 Å². The van der Waals surface area contributed by atoms with Crippen molar-refractivity contribution in [3.05, 3.63) is 84.7 Å². The molecule has 0 aliphatic carbocycles. The first kappa shape index (κ1) is 26.1. The zero-order valence-corrected chi connectivity index (χ0v) is 22.7. The normalized spacial score (nSPS) is 14.6. The molecule has 0 atom stereocenters. The Balaban J connectivity index is 1.15. The van der Waals surface area contributed by atoms with Crippen LogP contribution in [-0.4, -0.2) is 70.9 Å². The molecule has 0 saturated carbocycles. The maximum absolute atomic E-state index is 6.13. The fourth-order valence-corrected chi connectivity index (χ4v) is 5.07. The minimum absolute atomic E-state index is 0.743. The molecule has 1 aromatic heterocycles. The number of rotatable bonds is 11. The van der Waals surface area contributed by atoms with Crippen LogP contribution < -0.4 is 4.74 Å². The molecule has 0 unspecified atom stereocenters. The number of aromatic nitrogens is 3. The molecule has 2 heterocycles. The monoisotopic (exact) mass is 509 g/mol. The van der Waals surface area contributed by atoms with Gasteiger partial charge >= 0.3 is 0 Å². The Hall–Kier alpha value is -3.48. The molecule has 1 fully saturated rings. The van der Waals surface area contributed by atoms with E-state index in [9.17, 15) is 0 Å². The number of benzene rings is 3. The summed E-state index contributed by atoms with van der Waals surface area (Å²) in [6.07, 6.45) is 4.84. The van der Waals surface area contributed by atoms with Crippen LogP contribution in [0.3, 0.4) is 0 Å². The molecule has 6 heteroatoms. The number of piperazine rings is 1. The number of ether oxygens (including phenoxy) is 1. The highest BCUT2D eigenvalue weighted by Gasteiger charge is 2.14. The van der Waals surface area contributed by atoms with E-state index >= 15 is 0 Å². The highest BCUT2D eigenvalue weighted by atomic mass is 16.5. The molecular weight excluding hydrogens is 470 g/mol. The van der Waals surface area contributed by atoms with Gasteiger partial charge in [-0.25, -0.2) is 0 Å². The molecule has 0 amide bonds. The van der Waals surface area contributed by atoms with Gasteiger partial charge in [0.15, 0.2) is 5.82 Å². The number of hydrogen-bond acceptors (Lipinski definition) is 5. The largest absolute Gasteiger partial charge is 0.494 e. The van der Waals surface area contributed by atoms with Gasteiger partial charge in [0.05, 0.1) is 12.3 Å². The molecule has 1 aliphatic heterocycles. The van der Waals surface area contributed by atoms with Crippen LogP contribution in [-0.2, 0) is 0 Å². The Morgan fingerprint density at radius 1 is 0.711 bits per heavy atom. The van der Waals surface area contributed by atoms with Crippen LogP contribution in [0.5, 0.6) is 5.75 Å². The van der Waals surface area contributed by atoms with Gasteiger partial charge < -0.3 is 14.5 Å². The Bertz CT molecular complexity index is 1280. The zero-order valence-electron chi connectivity index (χ0n) is 22.7.